The second-order valence-electron chi connectivity index (χ2n) is 5.72. The molecule has 1 saturated heterocycles. The Morgan fingerprint density at radius 1 is 1.23 bits per heavy atom. The molecule has 0 saturated carbocycles. The monoisotopic (exact) mass is 317 g/mol. The zero-order valence-corrected chi connectivity index (χ0v) is 13.5. The van der Waals surface area contributed by atoms with Crippen molar-refractivity contribution < 1.29 is 9.69 Å². The Kier molecular flexibility index (Phi) is 4.70. The summed E-state index contributed by atoms with van der Waals surface area (Å²) in [5.74, 6) is 0. The summed E-state index contributed by atoms with van der Waals surface area (Å²) >= 11 is 1.48. The molecule has 2 aromatic rings. The van der Waals surface area contributed by atoms with Gasteiger partial charge in [-0.25, -0.2) is 9.78 Å². The van der Waals surface area contributed by atoms with Crippen LogP contribution in [0.25, 0.3) is 0 Å². The van der Waals surface area contributed by atoms with Gasteiger partial charge in [0.05, 0.1) is 13.1 Å². The molecule has 0 radical (unpaired) electrons. The van der Waals surface area contributed by atoms with Crippen LogP contribution in [0, 0.1) is 6.92 Å². The molecule has 1 fully saturated rings. The van der Waals surface area contributed by atoms with Gasteiger partial charge in [0.1, 0.15) is 12.2 Å². The summed E-state index contributed by atoms with van der Waals surface area (Å²) in [6.45, 7) is 5.43. The van der Waals surface area contributed by atoms with E-state index in [9.17, 15) is 4.79 Å². The molecule has 116 valence electrons. The molecule has 3 N–H and O–H groups in total. The van der Waals surface area contributed by atoms with Gasteiger partial charge in [-0.05, 0) is 19.1 Å². The molecule has 1 aliphatic heterocycles. The van der Waals surface area contributed by atoms with Crippen LogP contribution in [0.1, 0.15) is 24.1 Å². The van der Waals surface area contributed by atoms with E-state index >= 15 is 0 Å². The summed E-state index contributed by atoms with van der Waals surface area (Å²) in [4.78, 5) is 18.0. The molecule has 5 nitrogen and oxygen atoms in total. The highest BCUT2D eigenvalue weighted by atomic mass is 32.1. The molecule has 6 heteroatoms. The fourth-order valence-corrected chi connectivity index (χ4v) is 3.36. The second-order valence-corrected chi connectivity index (χ2v) is 6.58. The SMILES string of the molecule is Cc1ccc(NC(=O)Nc2nc(C[NH+]3CCCC3)cs2)cc1. The van der Waals surface area contributed by atoms with Crippen LogP contribution in [0.15, 0.2) is 29.6 Å². The van der Waals surface area contributed by atoms with Crippen molar-refractivity contribution in [3.05, 3.63) is 40.9 Å². The fraction of sp³-hybridized carbons (Fsp3) is 0.375. The van der Waals surface area contributed by atoms with Gasteiger partial charge in [0.15, 0.2) is 5.13 Å². The predicted molar refractivity (Wildman–Crippen MR) is 89.6 cm³/mol. The number of nitrogens with zero attached hydrogens (tertiary/aromatic N) is 1. The van der Waals surface area contributed by atoms with E-state index < -0.39 is 0 Å². The number of rotatable bonds is 4. The fourth-order valence-electron chi connectivity index (χ4n) is 2.65. The van der Waals surface area contributed by atoms with Crippen molar-refractivity contribution in [2.75, 3.05) is 23.7 Å². The van der Waals surface area contributed by atoms with Crippen molar-refractivity contribution in [2.45, 2.75) is 26.3 Å². The van der Waals surface area contributed by atoms with Crippen molar-refractivity contribution in [3.63, 3.8) is 0 Å². The van der Waals surface area contributed by atoms with Crippen LogP contribution < -0.4 is 15.5 Å². The maximum atomic E-state index is 12.0. The minimum atomic E-state index is -0.252. The van der Waals surface area contributed by atoms with Crippen LogP contribution in [-0.2, 0) is 6.54 Å². The highest BCUT2D eigenvalue weighted by Gasteiger charge is 2.17. The lowest BCUT2D eigenvalue weighted by Crippen LogP contribution is -3.08. The number of hydrogen-bond donors (Lipinski definition) is 3. The third kappa shape index (κ3) is 4.05. The van der Waals surface area contributed by atoms with Gasteiger partial charge in [0.25, 0.3) is 0 Å². The number of likely N-dealkylation sites (tertiary alicyclic amines) is 1. The van der Waals surface area contributed by atoms with Gasteiger partial charge in [-0.1, -0.05) is 17.7 Å². The maximum Gasteiger partial charge on any atom is 0.325 e. The molecule has 2 amide bonds. The van der Waals surface area contributed by atoms with E-state index in [1.165, 1.54) is 42.8 Å². The maximum absolute atomic E-state index is 12.0. The first-order chi connectivity index (χ1) is 10.7. The lowest BCUT2D eigenvalue weighted by molar-refractivity contribution is -0.901. The molecule has 3 rings (SSSR count). The molecule has 2 heterocycles. The van der Waals surface area contributed by atoms with Crippen LogP contribution in [0.2, 0.25) is 0 Å². The van der Waals surface area contributed by atoms with E-state index in [2.05, 4.69) is 15.6 Å². The largest absolute Gasteiger partial charge is 0.330 e. The summed E-state index contributed by atoms with van der Waals surface area (Å²) in [5, 5.41) is 8.30. The lowest BCUT2D eigenvalue weighted by atomic mass is 10.2. The first-order valence-corrected chi connectivity index (χ1v) is 8.50. The number of anilines is 2. The molecule has 22 heavy (non-hydrogen) atoms. The van der Waals surface area contributed by atoms with E-state index in [1.54, 1.807) is 4.90 Å². The number of quaternary nitrogens is 1. The van der Waals surface area contributed by atoms with Crippen molar-refractivity contribution in [3.8, 4) is 0 Å². The number of aryl methyl sites for hydroxylation is 1. The molecule has 0 atom stereocenters. The smallest absolute Gasteiger partial charge is 0.325 e. The van der Waals surface area contributed by atoms with E-state index in [-0.39, 0.29) is 6.03 Å². The summed E-state index contributed by atoms with van der Waals surface area (Å²) in [7, 11) is 0. The van der Waals surface area contributed by atoms with E-state index in [4.69, 9.17) is 0 Å². The molecule has 1 aromatic carbocycles. The number of amides is 2. The topological polar surface area (TPSA) is 58.5 Å². The van der Waals surface area contributed by atoms with Gasteiger partial charge >= 0.3 is 6.03 Å². The van der Waals surface area contributed by atoms with Crippen molar-refractivity contribution in [1.82, 2.24) is 4.98 Å². The zero-order chi connectivity index (χ0) is 15.4. The first kappa shape index (κ1) is 15.0. The molecule has 1 aliphatic rings. The van der Waals surface area contributed by atoms with Crippen molar-refractivity contribution >= 4 is 28.2 Å². The molecular weight excluding hydrogens is 296 g/mol. The summed E-state index contributed by atoms with van der Waals surface area (Å²) < 4.78 is 0. The molecule has 1 aromatic heterocycles. The van der Waals surface area contributed by atoms with Gasteiger partial charge in [-0.15, -0.1) is 11.3 Å². The average Bonchev–Trinajstić information content (AvgIpc) is 3.14. The third-order valence-electron chi connectivity index (χ3n) is 3.82. The number of benzene rings is 1. The van der Waals surface area contributed by atoms with Crippen LogP contribution in [0.3, 0.4) is 0 Å². The molecular formula is C16H21N4OS+. The number of carbonyl (C=O) groups excluding carboxylic acids is 1. The highest BCUT2D eigenvalue weighted by molar-refractivity contribution is 7.13. The average molecular weight is 317 g/mol. The third-order valence-corrected chi connectivity index (χ3v) is 4.63. The Morgan fingerprint density at radius 3 is 2.68 bits per heavy atom. The molecule has 0 bridgehead atoms. The molecule has 0 aliphatic carbocycles. The van der Waals surface area contributed by atoms with E-state index in [0.717, 1.165) is 17.9 Å². The van der Waals surface area contributed by atoms with Crippen molar-refractivity contribution in [1.29, 1.82) is 0 Å². The van der Waals surface area contributed by atoms with E-state index in [0.29, 0.717) is 5.13 Å². The van der Waals surface area contributed by atoms with Gasteiger partial charge in [0.2, 0.25) is 0 Å². The Balaban J connectivity index is 1.52. The Labute approximate surface area is 134 Å². The molecule has 0 spiro atoms. The van der Waals surface area contributed by atoms with Gasteiger partial charge in [-0.3, -0.25) is 5.32 Å². The number of urea groups is 1. The van der Waals surface area contributed by atoms with E-state index in [1.807, 2.05) is 36.6 Å². The minimum absolute atomic E-state index is 0.252. The van der Waals surface area contributed by atoms with Crippen LogP contribution in [-0.4, -0.2) is 24.1 Å². The quantitative estimate of drug-likeness (QED) is 0.810. The van der Waals surface area contributed by atoms with Gasteiger partial charge in [0, 0.05) is 23.9 Å². The summed E-state index contributed by atoms with van der Waals surface area (Å²) in [6, 6.07) is 7.46. The Hall–Kier alpha value is -1.92. The summed E-state index contributed by atoms with van der Waals surface area (Å²) in [5.41, 5.74) is 3.01. The normalized spacial score (nSPS) is 15.0. The standard InChI is InChI=1S/C16H20N4OS/c1-12-4-6-13(7-5-12)17-15(21)19-16-18-14(11-22-16)10-20-8-2-3-9-20/h4-7,11H,2-3,8-10H2,1H3,(H2,17,18,19,21)/p+1. The number of nitrogens with one attached hydrogen (secondary N) is 3. The Morgan fingerprint density at radius 2 is 1.95 bits per heavy atom. The van der Waals surface area contributed by atoms with Crippen molar-refractivity contribution in [2.24, 2.45) is 0 Å². The summed E-state index contributed by atoms with van der Waals surface area (Å²) in [6.07, 6.45) is 2.62. The van der Waals surface area contributed by atoms with Gasteiger partial charge in [-0.2, -0.15) is 0 Å². The second kappa shape index (κ2) is 6.89. The first-order valence-electron chi connectivity index (χ1n) is 7.62. The number of hydrogen-bond acceptors (Lipinski definition) is 3. The number of carbonyl (C=O) groups is 1. The predicted octanol–water partition coefficient (Wildman–Crippen LogP) is 2.27. The van der Waals surface area contributed by atoms with Crippen LogP contribution >= 0.6 is 11.3 Å². The van der Waals surface area contributed by atoms with Crippen LogP contribution in [0.4, 0.5) is 15.6 Å². The highest BCUT2D eigenvalue weighted by Crippen LogP contribution is 2.16. The Bertz CT molecular complexity index is 632. The minimum Gasteiger partial charge on any atom is -0.330 e. The number of aromatic nitrogens is 1. The lowest BCUT2D eigenvalue weighted by Gasteiger charge is -2.09. The van der Waals surface area contributed by atoms with Gasteiger partial charge < -0.3 is 10.2 Å². The number of thiazole rings is 1. The van der Waals surface area contributed by atoms with Crippen LogP contribution in [0.5, 0.6) is 0 Å². The zero-order valence-electron chi connectivity index (χ0n) is 12.7. The molecule has 0 unspecified atom stereocenters.